The van der Waals surface area contributed by atoms with Crippen LogP contribution in [-0.2, 0) is 16.6 Å². The van der Waals surface area contributed by atoms with Crippen molar-refractivity contribution in [1.82, 2.24) is 4.90 Å². The average Bonchev–Trinajstić information content (AvgIpc) is 2.74. The minimum atomic E-state index is -3.77. The number of halogens is 2. The number of carbonyl (C=O) groups excluding carboxylic acids is 1. The van der Waals surface area contributed by atoms with Gasteiger partial charge in [-0.05, 0) is 54.6 Å². The van der Waals surface area contributed by atoms with E-state index in [2.05, 4.69) is 0 Å². The molecule has 0 aliphatic rings. The van der Waals surface area contributed by atoms with Gasteiger partial charge in [-0.15, -0.1) is 0 Å². The summed E-state index contributed by atoms with van der Waals surface area (Å²) in [6.45, 7) is 0.123. The lowest BCUT2D eigenvalue weighted by atomic mass is 10.1. The number of hydrogen-bond acceptors (Lipinski definition) is 3. The topological polar surface area (TPSA) is 57.7 Å². The van der Waals surface area contributed by atoms with Gasteiger partial charge in [-0.3, -0.25) is 9.10 Å². The van der Waals surface area contributed by atoms with Crippen molar-refractivity contribution in [1.29, 1.82) is 0 Å². The van der Waals surface area contributed by atoms with Crippen LogP contribution in [0.3, 0.4) is 0 Å². The standard InChI is InChI=1S/C22H20ClFN2O3S/c1-25(15-17-5-3-4-6-21(17)24)22(27)16-7-11-19(12-8-16)26(2)30(28,29)20-13-9-18(23)10-14-20/h3-14H,15H2,1-2H3. The molecular weight excluding hydrogens is 427 g/mol. The molecule has 1 amide bonds. The minimum Gasteiger partial charge on any atom is -0.337 e. The predicted molar refractivity (Wildman–Crippen MR) is 116 cm³/mol. The van der Waals surface area contributed by atoms with Crippen LogP contribution in [0.2, 0.25) is 5.02 Å². The fraction of sp³-hybridized carbons (Fsp3) is 0.136. The van der Waals surface area contributed by atoms with E-state index >= 15 is 0 Å². The monoisotopic (exact) mass is 446 g/mol. The van der Waals surface area contributed by atoms with E-state index < -0.39 is 10.0 Å². The molecule has 0 saturated heterocycles. The fourth-order valence-corrected chi connectivity index (χ4v) is 4.21. The van der Waals surface area contributed by atoms with Crippen molar-refractivity contribution in [2.45, 2.75) is 11.4 Å². The highest BCUT2D eigenvalue weighted by molar-refractivity contribution is 7.92. The maximum atomic E-state index is 13.8. The third-order valence-corrected chi connectivity index (χ3v) is 6.71. The number of amides is 1. The molecule has 5 nitrogen and oxygen atoms in total. The SMILES string of the molecule is CN(Cc1ccccc1F)C(=O)c1ccc(N(C)S(=O)(=O)c2ccc(Cl)cc2)cc1. The normalized spacial score (nSPS) is 11.2. The van der Waals surface area contributed by atoms with Crippen LogP contribution in [0.25, 0.3) is 0 Å². The maximum Gasteiger partial charge on any atom is 0.264 e. The van der Waals surface area contributed by atoms with Gasteiger partial charge in [0.25, 0.3) is 15.9 Å². The van der Waals surface area contributed by atoms with Crippen molar-refractivity contribution in [2.75, 3.05) is 18.4 Å². The van der Waals surface area contributed by atoms with Gasteiger partial charge in [0.2, 0.25) is 0 Å². The Morgan fingerprint density at radius 3 is 2.13 bits per heavy atom. The van der Waals surface area contributed by atoms with Crippen LogP contribution in [0.4, 0.5) is 10.1 Å². The summed E-state index contributed by atoms with van der Waals surface area (Å²) in [5.74, 6) is -0.672. The molecule has 0 radical (unpaired) electrons. The summed E-state index contributed by atoms with van der Waals surface area (Å²) >= 11 is 5.83. The first kappa shape index (κ1) is 21.8. The minimum absolute atomic E-state index is 0.110. The third-order valence-electron chi connectivity index (χ3n) is 4.66. The number of hydrogen-bond donors (Lipinski definition) is 0. The highest BCUT2D eigenvalue weighted by Gasteiger charge is 2.22. The van der Waals surface area contributed by atoms with E-state index in [-0.39, 0.29) is 23.2 Å². The first-order valence-electron chi connectivity index (χ1n) is 9.03. The summed E-state index contributed by atoms with van der Waals surface area (Å²) < 4.78 is 40.5. The highest BCUT2D eigenvalue weighted by atomic mass is 35.5. The Morgan fingerprint density at radius 1 is 0.933 bits per heavy atom. The molecule has 30 heavy (non-hydrogen) atoms. The molecule has 3 aromatic carbocycles. The molecule has 156 valence electrons. The average molecular weight is 447 g/mol. The second-order valence-electron chi connectivity index (χ2n) is 6.73. The number of carbonyl (C=O) groups is 1. The van der Waals surface area contributed by atoms with Gasteiger partial charge in [-0.2, -0.15) is 0 Å². The van der Waals surface area contributed by atoms with E-state index in [0.29, 0.717) is 21.8 Å². The number of benzene rings is 3. The Balaban J connectivity index is 1.76. The van der Waals surface area contributed by atoms with E-state index in [1.54, 1.807) is 49.5 Å². The van der Waals surface area contributed by atoms with Crippen molar-refractivity contribution in [2.24, 2.45) is 0 Å². The first-order chi connectivity index (χ1) is 14.2. The summed E-state index contributed by atoms with van der Waals surface area (Å²) in [4.78, 5) is 14.2. The van der Waals surface area contributed by atoms with E-state index in [0.717, 1.165) is 4.31 Å². The summed E-state index contributed by atoms with van der Waals surface area (Å²) in [6, 6.07) is 18.4. The van der Waals surface area contributed by atoms with Crippen molar-refractivity contribution in [3.63, 3.8) is 0 Å². The number of anilines is 1. The zero-order chi connectivity index (χ0) is 21.9. The van der Waals surface area contributed by atoms with Crippen molar-refractivity contribution in [3.8, 4) is 0 Å². The van der Waals surface area contributed by atoms with Crippen LogP contribution in [-0.4, -0.2) is 33.3 Å². The lowest BCUT2D eigenvalue weighted by Crippen LogP contribution is -2.28. The molecule has 3 aromatic rings. The molecule has 0 aromatic heterocycles. The number of sulfonamides is 1. The highest BCUT2D eigenvalue weighted by Crippen LogP contribution is 2.24. The van der Waals surface area contributed by atoms with Gasteiger partial charge in [0.05, 0.1) is 10.6 Å². The van der Waals surface area contributed by atoms with Crippen molar-refractivity contribution < 1.29 is 17.6 Å². The summed E-state index contributed by atoms with van der Waals surface area (Å²) in [7, 11) is -0.747. The second-order valence-corrected chi connectivity index (χ2v) is 9.13. The van der Waals surface area contributed by atoms with E-state index in [9.17, 15) is 17.6 Å². The van der Waals surface area contributed by atoms with E-state index in [1.807, 2.05) is 0 Å². The van der Waals surface area contributed by atoms with Crippen LogP contribution in [0.15, 0.2) is 77.7 Å². The molecule has 0 N–H and O–H groups in total. The molecule has 0 atom stereocenters. The summed E-state index contributed by atoms with van der Waals surface area (Å²) in [5, 5.41) is 0.443. The molecular formula is C22H20ClFN2O3S. The lowest BCUT2D eigenvalue weighted by molar-refractivity contribution is 0.0784. The van der Waals surface area contributed by atoms with Gasteiger partial charge < -0.3 is 4.90 Å². The van der Waals surface area contributed by atoms with Crippen molar-refractivity contribution in [3.05, 3.63) is 94.8 Å². The molecule has 0 heterocycles. The Morgan fingerprint density at radius 2 is 1.53 bits per heavy atom. The Kier molecular flexibility index (Phi) is 6.43. The zero-order valence-electron chi connectivity index (χ0n) is 16.4. The molecule has 8 heteroatoms. The van der Waals surface area contributed by atoms with Gasteiger partial charge in [0.15, 0.2) is 0 Å². The maximum absolute atomic E-state index is 13.8. The van der Waals surface area contributed by atoms with Gasteiger partial charge in [-0.1, -0.05) is 29.8 Å². The van der Waals surface area contributed by atoms with Crippen LogP contribution in [0.5, 0.6) is 0 Å². The molecule has 0 spiro atoms. The Bertz CT molecular complexity index is 1150. The summed E-state index contributed by atoms with van der Waals surface area (Å²) in [6.07, 6.45) is 0. The van der Waals surface area contributed by atoms with E-state index in [4.69, 9.17) is 11.6 Å². The third kappa shape index (κ3) is 4.63. The predicted octanol–water partition coefficient (Wildman–Crippen LogP) is 4.58. The first-order valence-corrected chi connectivity index (χ1v) is 10.9. The molecule has 3 rings (SSSR count). The van der Waals surface area contributed by atoms with Gasteiger partial charge in [-0.25, -0.2) is 12.8 Å². The second kappa shape index (κ2) is 8.85. The van der Waals surface area contributed by atoms with Crippen LogP contribution < -0.4 is 4.31 Å². The zero-order valence-corrected chi connectivity index (χ0v) is 18.0. The molecule has 0 unspecified atom stereocenters. The van der Waals surface area contributed by atoms with E-state index in [1.165, 1.54) is 42.3 Å². The van der Waals surface area contributed by atoms with Gasteiger partial charge in [0, 0.05) is 36.8 Å². The molecule has 0 fully saturated rings. The lowest BCUT2D eigenvalue weighted by Gasteiger charge is -2.21. The number of nitrogens with zero attached hydrogens (tertiary/aromatic N) is 2. The number of rotatable bonds is 6. The molecule has 0 saturated carbocycles. The van der Waals surface area contributed by atoms with Crippen molar-refractivity contribution >= 4 is 33.2 Å². The quantitative estimate of drug-likeness (QED) is 0.557. The van der Waals surface area contributed by atoms with Gasteiger partial charge in [0.1, 0.15) is 5.82 Å². The molecule has 0 aliphatic heterocycles. The largest absolute Gasteiger partial charge is 0.337 e. The van der Waals surface area contributed by atoms with Crippen LogP contribution in [0, 0.1) is 5.82 Å². The summed E-state index contributed by atoms with van der Waals surface area (Å²) in [5.41, 5.74) is 1.19. The van der Waals surface area contributed by atoms with Crippen LogP contribution in [0.1, 0.15) is 15.9 Å². The smallest absolute Gasteiger partial charge is 0.264 e. The van der Waals surface area contributed by atoms with Gasteiger partial charge >= 0.3 is 0 Å². The fourth-order valence-electron chi connectivity index (χ4n) is 2.89. The Labute approximate surface area is 180 Å². The van der Waals surface area contributed by atoms with Crippen LogP contribution >= 0.6 is 11.6 Å². The Hall–Kier alpha value is -2.90. The molecule has 0 aliphatic carbocycles. The molecule has 0 bridgehead atoms.